The number of rotatable bonds is 2. The Kier molecular flexibility index (Phi) is 2.59. The molecule has 78 valence electrons. The Morgan fingerprint density at radius 2 is 2.47 bits per heavy atom. The third-order valence-electron chi connectivity index (χ3n) is 1.81. The van der Waals surface area contributed by atoms with Crippen molar-refractivity contribution >= 4 is 27.7 Å². The van der Waals surface area contributed by atoms with E-state index in [1.807, 2.05) is 6.92 Å². The maximum atomic E-state index is 11.7. The number of aromatic amines is 1. The summed E-state index contributed by atoms with van der Waals surface area (Å²) in [4.78, 5) is 11.7. The molecule has 6 heteroatoms. The number of amides is 1. The lowest BCUT2D eigenvalue weighted by Crippen LogP contribution is -2.11. The molecule has 2 heterocycles. The lowest BCUT2D eigenvalue weighted by molar-refractivity contribution is 0.102. The fraction of sp³-hybridized carbons (Fsp3) is 0.111. The first-order chi connectivity index (χ1) is 7.16. The first-order valence-electron chi connectivity index (χ1n) is 4.23. The maximum Gasteiger partial charge on any atom is 0.261 e. The molecule has 2 aromatic heterocycles. The number of halogens is 1. The molecule has 0 radical (unpaired) electrons. The van der Waals surface area contributed by atoms with Crippen LogP contribution in [0, 0.1) is 6.92 Å². The molecule has 0 bridgehead atoms. The molecule has 0 fully saturated rings. The van der Waals surface area contributed by atoms with Gasteiger partial charge in [-0.05, 0) is 28.9 Å². The summed E-state index contributed by atoms with van der Waals surface area (Å²) in [6.45, 7) is 1.86. The third kappa shape index (κ3) is 2.10. The number of hydrogen-bond donors (Lipinski definition) is 2. The van der Waals surface area contributed by atoms with Crippen LogP contribution >= 0.6 is 15.9 Å². The minimum absolute atomic E-state index is 0.262. The zero-order chi connectivity index (χ0) is 10.8. The molecule has 0 aromatic carbocycles. The molecule has 0 unspecified atom stereocenters. The van der Waals surface area contributed by atoms with Gasteiger partial charge in [0.2, 0.25) is 0 Å². The minimum atomic E-state index is -0.262. The average molecular weight is 270 g/mol. The lowest BCUT2D eigenvalue weighted by atomic mass is 10.3. The third-order valence-corrected chi connectivity index (χ3v) is 2.42. The van der Waals surface area contributed by atoms with Gasteiger partial charge in [-0.3, -0.25) is 9.89 Å². The number of nitrogens with zero attached hydrogens (tertiary/aromatic N) is 1. The van der Waals surface area contributed by atoms with Crippen molar-refractivity contribution in [2.24, 2.45) is 0 Å². The maximum absolute atomic E-state index is 11.7. The number of anilines is 1. The summed E-state index contributed by atoms with van der Waals surface area (Å²) in [5.41, 5.74) is 1.33. The SMILES string of the molecule is Cc1cc(NC(=O)c2ccoc2Br)n[nH]1. The smallest absolute Gasteiger partial charge is 0.261 e. The monoisotopic (exact) mass is 269 g/mol. The first kappa shape index (κ1) is 9.97. The van der Waals surface area contributed by atoms with Gasteiger partial charge < -0.3 is 9.73 Å². The Bertz CT molecular complexity index is 489. The zero-order valence-corrected chi connectivity index (χ0v) is 9.46. The summed E-state index contributed by atoms with van der Waals surface area (Å²) < 4.78 is 5.37. The zero-order valence-electron chi connectivity index (χ0n) is 7.87. The largest absolute Gasteiger partial charge is 0.457 e. The molecule has 2 aromatic rings. The van der Waals surface area contributed by atoms with Crippen molar-refractivity contribution < 1.29 is 9.21 Å². The van der Waals surface area contributed by atoms with Crippen LogP contribution in [0.3, 0.4) is 0 Å². The van der Waals surface area contributed by atoms with Gasteiger partial charge in [0.05, 0.1) is 11.8 Å². The van der Waals surface area contributed by atoms with Crippen molar-refractivity contribution in [1.29, 1.82) is 0 Å². The molecule has 5 nitrogen and oxygen atoms in total. The Morgan fingerprint density at radius 3 is 3.00 bits per heavy atom. The lowest BCUT2D eigenvalue weighted by Gasteiger charge is -1.98. The van der Waals surface area contributed by atoms with Gasteiger partial charge in [0.15, 0.2) is 10.5 Å². The topological polar surface area (TPSA) is 70.9 Å². The van der Waals surface area contributed by atoms with Crippen molar-refractivity contribution in [2.75, 3.05) is 5.32 Å². The van der Waals surface area contributed by atoms with Crippen molar-refractivity contribution in [1.82, 2.24) is 10.2 Å². The van der Waals surface area contributed by atoms with Crippen LogP contribution in [0.15, 0.2) is 27.5 Å². The van der Waals surface area contributed by atoms with E-state index in [1.54, 1.807) is 12.1 Å². The summed E-state index contributed by atoms with van der Waals surface area (Å²) in [5.74, 6) is 0.229. The summed E-state index contributed by atoms with van der Waals surface area (Å²) in [6.07, 6.45) is 1.44. The van der Waals surface area contributed by atoms with Crippen molar-refractivity contribution in [2.45, 2.75) is 6.92 Å². The van der Waals surface area contributed by atoms with Gasteiger partial charge in [0.25, 0.3) is 5.91 Å². The fourth-order valence-electron chi connectivity index (χ4n) is 1.12. The highest BCUT2D eigenvalue weighted by Crippen LogP contribution is 2.18. The summed E-state index contributed by atoms with van der Waals surface area (Å²) in [6, 6.07) is 3.32. The number of furan rings is 1. The Labute approximate surface area is 94.0 Å². The fourth-order valence-corrected chi connectivity index (χ4v) is 1.54. The summed E-state index contributed by atoms with van der Waals surface area (Å²) in [5, 5.41) is 9.26. The first-order valence-corrected chi connectivity index (χ1v) is 5.02. The molecule has 2 rings (SSSR count). The number of aromatic nitrogens is 2. The standard InChI is InChI=1S/C9H8BrN3O2/c1-5-4-7(13-12-5)11-9(14)6-2-3-15-8(6)10/h2-4H,1H3,(H2,11,12,13,14). The van der Waals surface area contributed by atoms with E-state index in [2.05, 4.69) is 31.4 Å². The second kappa shape index (κ2) is 3.90. The van der Waals surface area contributed by atoms with E-state index >= 15 is 0 Å². The second-order valence-corrected chi connectivity index (χ2v) is 3.72. The predicted octanol–water partition coefficient (Wildman–Crippen LogP) is 2.33. The van der Waals surface area contributed by atoms with E-state index in [1.165, 1.54) is 6.26 Å². The van der Waals surface area contributed by atoms with Gasteiger partial charge >= 0.3 is 0 Å². The van der Waals surface area contributed by atoms with Crippen LogP contribution < -0.4 is 5.32 Å². The van der Waals surface area contributed by atoms with E-state index in [9.17, 15) is 4.79 Å². The van der Waals surface area contributed by atoms with E-state index in [0.29, 0.717) is 16.1 Å². The summed E-state index contributed by atoms with van der Waals surface area (Å²) in [7, 11) is 0. The molecule has 1 amide bonds. The van der Waals surface area contributed by atoms with Gasteiger partial charge in [0, 0.05) is 11.8 Å². The molecule has 0 aliphatic carbocycles. The van der Waals surface area contributed by atoms with E-state index in [0.717, 1.165) is 5.69 Å². The molecular formula is C9H8BrN3O2. The number of carbonyl (C=O) groups is 1. The highest BCUT2D eigenvalue weighted by atomic mass is 79.9. The van der Waals surface area contributed by atoms with Crippen LogP contribution in [0.2, 0.25) is 0 Å². The van der Waals surface area contributed by atoms with Crippen LogP contribution in [-0.2, 0) is 0 Å². The van der Waals surface area contributed by atoms with Gasteiger partial charge in [-0.15, -0.1) is 0 Å². The Balaban J connectivity index is 2.14. The van der Waals surface area contributed by atoms with Crippen LogP contribution in [0.5, 0.6) is 0 Å². The molecule has 0 atom stereocenters. The highest BCUT2D eigenvalue weighted by molar-refractivity contribution is 9.10. The van der Waals surface area contributed by atoms with Gasteiger partial charge in [-0.1, -0.05) is 0 Å². The second-order valence-electron chi connectivity index (χ2n) is 3.00. The van der Waals surface area contributed by atoms with Crippen LogP contribution in [0.1, 0.15) is 16.1 Å². The van der Waals surface area contributed by atoms with Gasteiger partial charge in [0.1, 0.15) is 0 Å². The molecular weight excluding hydrogens is 262 g/mol. The van der Waals surface area contributed by atoms with Crippen molar-refractivity contribution in [3.8, 4) is 0 Å². The predicted molar refractivity (Wildman–Crippen MR) is 57.7 cm³/mol. The van der Waals surface area contributed by atoms with E-state index in [4.69, 9.17) is 4.42 Å². The highest BCUT2D eigenvalue weighted by Gasteiger charge is 2.13. The number of H-pyrrole nitrogens is 1. The number of nitrogens with one attached hydrogen (secondary N) is 2. The van der Waals surface area contributed by atoms with Crippen molar-refractivity contribution in [3.05, 3.63) is 34.3 Å². The van der Waals surface area contributed by atoms with E-state index < -0.39 is 0 Å². The molecule has 0 aliphatic heterocycles. The number of carbonyl (C=O) groups excluding carboxylic acids is 1. The molecule has 15 heavy (non-hydrogen) atoms. The van der Waals surface area contributed by atoms with Gasteiger partial charge in [-0.25, -0.2) is 0 Å². The summed E-state index contributed by atoms with van der Waals surface area (Å²) >= 11 is 3.13. The minimum Gasteiger partial charge on any atom is -0.457 e. The Hall–Kier alpha value is -1.56. The molecule has 2 N–H and O–H groups in total. The normalized spacial score (nSPS) is 10.3. The quantitative estimate of drug-likeness (QED) is 0.879. The van der Waals surface area contributed by atoms with Crippen LogP contribution in [-0.4, -0.2) is 16.1 Å². The average Bonchev–Trinajstić information content (AvgIpc) is 2.75. The molecule has 0 aliphatic rings. The molecule has 0 saturated heterocycles. The number of aryl methyl sites for hydroxylation is 1. The van der Waals surface area contributed by atoms with Crippen molar-refractivity contribution in [3.63, 3.8) is 0 Å². The van der Waals surface area contributed by atoms with E-state index in [-0.39, 0.29) is 5.91 Å². The van der Waals surface area contributed by atoms with Crippen LogP contribution in [0.4, 0.5) is 5.82 Å². The Morgan fingerprint density at radius 1 is 1.67 bits per heavy atom. The number of hydrogen-bond acceptors (Lipinski definition) is 3. The van der Waals surface area contributed by atoms with Crippen LogP contribution in [0.25, 0.3) is 0 Å². The van der Waals surface area contributed by atoms with Gasteiger partial charge in [-0.2, -0.15) is 5.10 Å². The molecule has 0 spiro atoms. The molecule has 0 saturated carbocycles.